The minimum atomic E-state index is -3.64. The van der Waals surface area contributed by atoms with Crippen molar-refractivity contribution in [2.24, 2.45) is 0 Å². The van der Waals surface area contributed by atoms with Crippen LogP contribution in [0.4, 0.5) is 5.69 Å². The second-order valence-electron chi connectivity index (χ2n) is 6.24. The monoisotopic (exact) mass is 389 g/mol. The summed E-state index contributed by atoms with van der Waals surface area (Å²) in [5.41, 5.74) is 1.80. The lowest BCUT2D eigenvalue weighted by molar-refractivity contribution is -0.116. The molecule has 27 heavy (non-hydrogen) atoms. The number of carbonyl (C=O) groups is 1. The lowest BCUT2D eigenvalue weighted by atomic mass is 10.2. The summed E-state index contributed by atoms with van der Waals surface area (Å²) in [6.45, 7) is 1.43. The maximum Gasteiger partial charge on any atom is 0.420 e. The lowest BCUT2D eigenvalue weighted by Gasteiger charge is -2.15. The average Bonchev–Trinajstić information content (AvgIpc) is 2.92. The molecule has 0 aliphatic carbocycles. The van der Waals surface area contributed by atoms with Crippen LogP contribution in [0.3, 0.4) is 0 Å². The van der Waals surface area contributed by atoms with Crippen LogP contribution in [-0.2, 0) is 21.4 Å². The predicted molar refractivity (Wildman–Crippen MR) is 101 cm³/mol. The molecule has 3 rings (SSSR count). The van der Waals surface area contributed by atoms with E-state index in [0.717, 1.165) is 4.31 Å². The van der Waals surface area contributed by atoms with Crippen LogP contribution in [0.2, 0.25) is 0 Å². The number of sulfonamides is 1. The van der Waals surface area contributed by atoms with E-state index in [1.54, 1.807) is 43.3 Å². The van der Waals surface area contributed by atoms with Crippen LogP contribution in [0, 0.1) is 6.92 Å². The Bertz CT molecular complexity index is 1180. The molecule has 0 spiro atoms. The van der Waals surface area contributed by atoms with Gasteiger partial charge in [0.05, 0.1) is 10.4 Å². The first-order chi connectivity index (χ1) is 12.7. The Balaban J connectivity index is 1.86. The topological polar surface area (TPSA) is 102 Å². The Morgan fingerprint density at radius 2 is 1.89 bits per heavy atom. The first kappa shape index (κ1) is 18.9. The minimum absolute atomic E-state index is 0.108. The summed E-state index contributed by atoms with van der Waals surface area (Å²) in [5, 5.41) is 2.63. The van der Waals surface area contributed by atoms with Gasteiger partial charge in [0, 0.05) is 19.8 Å². The van der Waals surface area contributed by atoms with E-state index in [9.17, 15) is 18.0 Å². The molecule has 0 bridgehead atoms. The third-order valence-electron chi connectivity index (χ3n) is 4.11. The molecule has 0 aliphatic rings. The number of rotatable bonds is 5. The van der Waals surface area contributed by atoms with E-state index in [-0.39, 0.29) is 11.4 Å². The summed E-state index contributed by atoms with van der Waals surface area (Å²) in [6, 6.07) is 11.4. The number of aromatic nitrogens is 1. The summed E-state index contributed by atoms with van der Waals surface area (Å²) >= 11 is 0. The van der Waals surface area contributed by atoms with Gasteiger partial charge in [0.1, 0.15) is 6.54 Å². The Morgan fingerprint density at radius 1 is 1.19 bits per heavy atom. The number of fused-ring (bicyclic) bond motifs is 1. The average molecular weight is 389 g/mol. The first-order valence-electron chi connectivity index (χ1n) is 8.11. The van der Waals surface area contributed by atoms with Gasteiger partial charge in [0.2, 0.25) is 15.9 Å². The second kappa shape index (κ2) is 7.01. The molecule has 2 aromatic carbocycles. The molecule has 1 amide bonds. The van der Waals surface area contributed by atoms with E-state index in [0.29, 0.717) is 22.4 Å². The fourth-order valence-corrected chi connectivity index (χ4v) is 3.80. The summed E-state index contributed by atoms with van der Waals surface area (Å²) in [5.74, 6) is -1.10. The van der Waals surface area contributed by atoms with Crippen molar-refractivity contribution in [3.05, 3.63) is 58.6 Å². The molecule has 1 N–H and O–H groups in total. The Hall–Kier alpha value is -2.91. The van der Waals surface area contributed by atoms with Gasteiger partial charge in [0.15, 0.2) is 5.58 Å². The lowest BCUT2D eigenvalue weighted by Crippen LogP contribution is -2.25. The van der Waals surface area contributed by atoms with Gasteiger partial charge in [-0.3, -0.25) is 9.36 Å². The molecular formula is C18H19N3O5S. The summed E-state index contributed by atoms with van der Waals surface area (Å²) < 4.78 is 32.2. The highest BCUT2D eigenvalue weighted by atomic mass is 32.2. The predicted octanol–water partition coefficient (Wildman–Crippen LogP) is 1.79. The van der Waals surface area contributed by atoms with Crippen molar-refractivity contribution in [1.82, 2.24) is 8.87 Å². The van der Waals surface area contributed by atoms with Crippen molar-refractivity contribution in [2.45, 2.75) is 18.4 Å². The van der Waals surface area contributed by atoms with E-state index >= 15 is 0 Å². The van der Waals surface area contributed by atoms with E-state index in [4.69, 9.17) is 4.42 Å². The summed E-state index contributed by atoms with van der Waals surface area (Å²) in [4.78, 5) is 24.5. The summed E-state index contributed by atoms with van der Waals surface area (Å²) in [6.07, 6.45) is 0. The van der Waals surface area contributed by atoms with Gasteiger partial charge in [-0.1, -0.05) is 18.2 Å². The van der Waals surface area contributed by atoms with Crippen LogP contribution in [0.1, 0.15) is 5.56 Å². The molecule has 0 fully saturated rings. The fraction of sp³-hybridized carbons (Fsp3) is 0.222. The number of carbonyl (C=O) groups excluding carboxylic acids is 1. The largest absolute Gasteiger partial charge is 0.420 e. The number of nitrogens with zero attached hydrogens (tertiary/aromatic N) is 2. The summed E-state index contributed by atoms with van der Waals surface area (Å²) in [7, 11) is -0.758. The highest BCUT2D eigenvalue weighted by molar-refractivity contribution is 7.89. The van der Waals surface area contributed by atoms with Crippen LogP contribution < -0.4 is 11.1 Å². The molecule has 3 aromatic rings. The maximum atomic E-state index is 12.4. The molecule has 8 nitrogen and oxygen atoms in total. The van der Waals surface area contributed by atoms with Gasteiger partial charge in [-0.2, -0.15) is 0 Å². The highest BCUT2D eigenvalue weighted by Gasteiger charge is 2.20. The van der Waals surface area contributed by atoms with E-state index < -0.39 is 21.7 Å². The number of hydrogen-bond acceptors (Lipinski definition) is 5. The van der Waals surface area contributed by atoms with E-state index in [2.05, 4.69) is 5.32 Å². The van der Waals surface area contributed by atoms with Crippen molar-refractivity contribution < 1.29 is 17.6 Å². The Morgan fingerprint density at radius 3 is 2.59 bits per heavy atom. The smallest absolute Gasteiger partial charge is 0.408 e. The van der Waals surface area contributed by atoms with Crippen LogP contribution in [0.5, 0.6) is 0 Å². The van der Waals surface area contributed by atoms with Crippen molar-refractivity contribution in [3.8, 4) is 0 Å². The van der Waals surface area contributed by atoms with E-state index in [1.807, 2.05) is 0 Å². The third kappa shape index (κ3) is 3.64. The Labute approximate surface area is 156 Å². The van der Waals surface area contributed by atoms with Crippen LogP contribution in [0.25, 0.3) is 11.1 Å². The van der Waals surface area contributed by atoms with Crippen molar-refractivity contribution >= 4 is 32.7 Å². The van der Waals surface area contributed by atoms with Gasteiger partial charge in [-0.25, -0.2) is 17.5 Å². The van der Waals surface area contributed by atoms with Gasteiger partial charge < -0.3 is 9.73 Å². The fourth-order valence-electron chi connectivity index (χ4n) is 2.66. The number of benzene rings is 2. The number of para-hydroxylation sites is 2. The standard InChI is InChI=1S/C18H19N3O5S/c1-12-8-9-13(10-16(12)27(24,25)20(2)3)19-17(22)11-21-14-6-4-5-7-15(14)26-18(21)23/h4-10H,11H2,1-3H3,(H,19,22). The molecule has 0 atom stereocenters. The number of amides is 1. The molecule has 1 aromatic heterocycles. The molecule has 0 unspecified atom stereocenters. The Kier molecular flexibility index (Phi) is 4.90. The highest BCUT2D eigenvalue weighted by Crippen LogP contribution is 2.22. The number of aryl methyl sites for hydroxylation is 1. The zero-order valence-electron chi connectivity index (χ0n) is 15.1. The molecule has 1 heterocycles. The molecule has 9 heteroatoms. The van der Waals surface area contributed by atoms with Crippen LogP contribution in [0.15, 0.2) is 56.6 Å². The van der Waals surface area contributed by atoms with Crippen LogP contribution in [-0.4, -0.2) is 37.3 Å². The molecule has 0 saturated heterocycles. The quantitative estimate of drug-likeness (QED) is 0.717. The zero-order chi connectivity index (χ0) is 19.8. The van der Waals surface area contributed by atoms with Crippen molar-refractivity contribution in [2.75, 3.05) is 19.4 Å². The molecule has 0 aliphatic heterocycles. The van der Waals surface area contributed by atoms with Gasteiger partial charge in [-0.05, 0) is 36.8 Å². The van der Waals surface area contributed by atoms with Gasteiger partial charge in [0.25, 0.3) is 0 Å². The minimum Gasteiger partial charge on any atom is -0.408 e. The van der Waals surface area contributed by atoms with Crippen molar-refractivity contribution in [1.29, 1.82) is 0 Å². The zero-order valence-corrected chi connectivity index (χ0v) is 15.9. The second-order valence-corrected chi connectivity index (χ2v) is 8.36. The SMILES string of the molecule is Cc1ccc(NC(=O)Cn2c(=O)oc3ccccc32)cc1S(=O)(=O)N(C)C. The first-order valence-corrected chi connectivity index (χ1v) is 9.55. The number of hydrogen-bond donors (Lipinski definition) is 1. The molecule has 0 radical (unpaired) electrons. The van der Waals surface area contributed by atoms with E-state index in [1.165, 1.54) is 24.7 Å². The number of nitrogens with one attached hydrogen (secondary N) is 1. The van der Waals surface area contributed by atoms with Gasteiger partial charge >= 0.3 is 5.76 Å². The maximum absolute atomic E-state index is 12.4. The van der Waals surface area contributed by atoms with Crippen molar-refractivity contribution in [3.63, 3.8) is 0 Å². The number of anilines is 1. The normalized spacial score (nSPS) is 11.9. The van der Waals surface area contributed by atoms with Gasteiger partial charge in [-0.15, -0.1) is 0 Å². The molecule has 0 saturated carbocycles. The third-order valence-corrected chi connectivity index (χ3v) is 6.06. The van der Waals surface area contributed by atoms with Crippen LogP contribution >= 0.6 is 0 Å². The molecule has 142 valence electrons. The molecular weight excluding hydrogens is 370 g/mol. The number of oxazole rings is 1.